The van der Waals surface area contributed by atoms with Crippen molar-refractivity contribution < 1.29 is 4.79 Å². The monoisotopic (exact) mass is 338 g/mol. The number of carbonyl (C=O) groups is 1. The molecule has 2 amide bonds. The Hall–Kier alpha value is -1.52. The van der Waals surface area contributed by atoms with Crippen molar-refractivity contribution in [1.82, 2.24) is 0 Å². The zero-order valence-electron chi connectivity index (χ0n) is 10.2. The summed E-state index contributed by atoms with van der Waals surface area (Å²) in [6.45, 7) is 1.89. The number of carbonyl (C=O) groups excluding carboxylic acids is 1. The van der Waals surface area contributed by atoms with Crippen LogP contribution in [0.15, 0.2) is 46.9 Å². The number of anilines is 2. The van der Waals surface area contributed by atoms with E-state index in [1.54, 1.807) is 18.2 Å². The maximum absolute atomic E-state index is 11.9. The van der Waals surface area contributed by atoms with Crippen LogP contribution in [-0.4, -0.2) is 6.03 Å². The molecule has 0 bridgehead atoms. The minimum Gasteiger partial charge on any atom is -0.307 e. The lowest BCUT2D eigenvalue weighted by atomic mass is 10.2. The third-order valence-corrected chi connectivity index (χ3v) is 3.49. The number of halogens is 2. The fraction of sp³-hybridized carbons (Fsp3) is 0.0714. The first-order chi connectivity index (χ1) is 9.06. The molecule has 5 heteroatoms. The fourth-order valence-corrected chi connectivity index (χ4v) is 2.22. The van der Waals surface area contributed by atoms with Crippen molar-refractivity contribution in [2.24, 2.45) is 0 Å². The van der Waals surface area contributed by atoms with Crippen molar-refractivity contribution in [3.63, 3.8) is 0 Å². The van der Waals surface area contributed by atoms with Gasteiger partial charge in [-0.25, -0.2) is 4.79 Å². The average Bonchev–Trinajstić information content (AvgIpc) is 2.36. The number of nitrogens with one attached hydrogen (secondary N) is 2. The molecule has 98 valence electrons. The Kier molecular flexibility index (Phi) is 4.45. The second-order valence-corrected chi connectivity index (χ2v) is 5.31. The van der Waals surface area contributed by atoms with Crippen LogP contribution in [0, 0.1) is 6.92 Å². The summed E-state index contributed by atoms with van der Waals surface area (Å²) in [6, 6.07) is 12.4. The van der Waals surface area contributed by atoms with Gasteiger partial charge in [0.15, 0.2) is 0 Å². The second-order valence-electron chi connectivity index (χ2n) is 4.02. The minimum atomic E-state index is -0.294. The summed E-state index contributed by atoms with van der Waals surface area (Å²) < 4.78 is 0.831. The van der Waals surface area contributed by atoms with Crippen LogP contribution in [0.2, 0.25) is 5.02 Å². The summed E-state index contributed by atoms with van der Waals surface area (Å²) in [6.07, 6.45) is 0. The van der Waals surface area contributed by atoms with Gasteiger partial charge in [-0.15, -0.1) is 0 Å². The second kappa shape index (κ2) is 6.08. The summed E-state index contributed by atoms with van der Waals surface area (Å²) in [5, 5.41) is 6.20. The van der Waals surface area contributed by atoms with E-state index in [1.165, 1.54) is 0 Å². The van der Waals surface area contributed by atoms with Gasteiger partial charge in [-0.05, 0) is 58.7 Å². The van der Waals surface area contributed by atoms with Gasteiger partial charge in [0.2, 0.25) is 0 Å². The largest absolute Gasteiger partial charge is 0.323 e. The summed E-state index contributed by atoms with van der Waals surface area (Å²) >= 11 is 9.24. The van der Waals surface area contributed by atoms with E-state index in [-0.39, 0.29) is 6.03 Å². The Bertz CT molecular complexity index is 616. The van der Waals surface area contributed by atoms with Gasteiger partial charge in [-0.1, -0.05) is 23.7 Å². The number of hydrogen-bond donors (Lipinski definition) is 2. The smallest absolute Gasteiger partial charge is 0.307 e. The Morgan fingerprint density at radius 2 is 1.79 bits per heavy atom. The first kappa shape index (κ1) is 13.9. The highest BCUT2D eigenvalue weighted by molar-refractivity contribution is 9.10. The van der Waals surface area contributed by atoms with Gasteiger partial charge < -0.3 is 10.6 Å². The van der Waals surface area contributed by atoms with E-state index in [9.17, 15) is 4.79 Å². The molecule has 0 saturated carbocycles. The van der Waals surface area contributed by atoms with Crippen LogP contribution in [0.1, 0.15) is 5.56 Å². The lowest BCUT2D eigenvalue weighted by Gasteiger charge is -2.11. The van der Waals surface area contributed by atoms with Crippen LogP contribution in [0.5, 0.6) is 0 Å². The molecule has 0 heterocycles. The molecule has 0 aromatic heterocycles. The number of urea groups is 1. The topological polar surface area (TPSA) is 41.1 Å². The molecule has 0 saturated heterocycles. The fourth-order valence-electron chi connectivity index (χ4n) is 1.61. The lowest BCUT2D eigenvalue weighted by Crippen LogP contribution is -2.20. The molecule has 19 heavy (non-hydrogen) atoms. The number of hydrogen-bond acceptors (Lipinski definition) is 1. The molecule has 0 radical (unpaired) electrons. The van der Waals surface area contributed by atoms with Gasteiger partial charge in [0.25, 0.3) is 0 Å². The van der Waals surface area contributed by atoms with E-state index >= 15 is 0 Å². The first-order valence-corrected chi connectivity index (χ1v) is 6.82. The molecule has 0 unspecified atom stereocenters. The lowest BCUT2D eigenvalue weighted by molar-refractivity contribution is 0.262. The molecule has 0 aliphatic heterocycles. The quantitative estimate of drug-likeness (QED) is 0.789. The van der Waals surface area contributed by atoms with Crippen molar-refractivity contribution in [3.8, 4) is 0 Å². The highest BCUT2D eigenvalue weighted by atomic mass is 79.9. The molecule has 2 aromatic carbocycles. The molecule has 0 atom stereocenters. The summed E-state index contributed by atoms with van der Waals surface area (Å²) in [5.74, 6) is 0. The molecule has 2 rings (SSSR count). The Balaban J connectivity index is 2.08. The van der Waals surface area contributed by atoms with Crippen LogP contribution >= 0.6 is 27.5 Å². The van der Waals surface area contributed by atoms with Crippen LogP contribution in [-0.2, 0) is 0 Å². The van der Waals surface area contributed by atoms with Gasteiger partial charge in [-0.3, -0.25) is 0 Å². The Labute approximate surface area is 125 Å². The normalized spacial score (nSPS) is 10.1. The number of amides is 2. The Morgan fingerprint density at radius 1 is 1.11 bits per heavy atom. The molecular formula is C14H12BrClN2O. The van der Waals surface area contributed by atoms with Crippen molar-refractivity contribution in [1.29, 1.82) is 0 Å². The summed E-state index contributed by atoms with van der Waals surface area (Å²) in [5.41, 5.74) is 2.36. The van der Waals surface area contributed by atoms with Crippen molar-refractivity contribution in [2.75, 3.05) is 10.6 Å². The minimum absolute atomic E-state index is 0.294. The highest BCUT2D eigenvalue weighted by Crippen LogP contribution is 2.23. The number of aryl methyl sites for hydroxylation is 1. The van der Waals surface area contributed by atoms with Crippen LogP contribution < -0.4 is 10.6 Å². The molecule has 3 nitrogen and oxygen atoms in total. The van der Waals surface area contributed by atoms with Crippen LogP contribution in [0.25, 0.3) is 0 Å². The van der Waals surface area contributed by atoms with Gasteiger partial charge >= 0.3 is 6.03 Å². The molecule has 0 aliphatic rings. The maximum Gasteiger partial charge on any atom is 0.323 e. The zero-order chi connectivity index (χ0) is 13.8. The number of rotatable bonds is 2. The first-order valence-electron chi connectivity index (χ1n) is 5.65. The number of para-hydroxylation sites is 1. The van der Waals surface area contributed by atoms with E-state index in [2.05, 4.69) is 26.6 Å². The predicted octanol–water partition coefficient (Wildman–Crippen LogP) is 5.05. The van der Waals surface area contributed by atoms with Gasteiger partial charge in [0.1, 0.15) is 0 Å². The van der Waals surface area contributed by atoms with E-state index in [4.69, 9.17) is 11.6 Å². The van der Waals surface area contributed by atoms with Crippen molar-refractivity contribution in [2.45, 2.75) is 6.92 Å². The summed E-state index contributed by atoms with van der Waals surface area (Å²) in [4.78, 5) is 11.9. The maximum atomic E-state index is 11.9. The molecule has 0 aliphatic carbocycles. The standard InChI is InChI=1S/C14H12BrClN2O/c1-9-8-10(16)6-7-12(9)17-14(19)18-13-5-3-2-4-11(13)15/h2-8H,1H3,(H2,17,18,19). The van der Waals surface area contributed by atoms with Gasteiger partial charge in [-0.2, -0.15) is 0 Å². The Morgan fingerprint density at radius 3 is 2.47 bits per heavy atom. The van der Waals surface area contributed by atoms with E-state index < -0.39 is 0 Å². The van der Waals surface area contributed by atoms with E-state index in [1.807, 2.05) is 31.2 Å². The number of benzene rings is 2. The molecule has 0 spiro atoms. The van der Waals surface area contributed by atoms with E-state index in [0.29, 0.717) is 10.7 Å². The highest BCUT2D eigenvalue weighted by Gasteiger charge is 2.06. The van der Waals surface area contributed by atoms with Crippen molar-refractivity contribution in [3.05, 3.63) is 57.5 Å². The molecular weight excluding hydrogens is 328 g/mol. The van der Waals surface area contributed by atoms with Crippen LogP contribution in [0.4, 0.5) is 16.2 Å². The molecule has 2 N–H and O–H groups in total. The van der Waals surface area contributed by atoms with Gasteiger partial charge in [0.05, 0.1) is 5.69 Å². The summed E-state index contributed by atoms with van der Waals surface area (Å²) in [7, 11) is 0. The molecule has 0 fully saturated rings. The average molecular weight is 340 g/mol. The SMILES string of the molecule is Cc1cc(Cl)ccc1NC(=O)Nc1ccccc1Br. The van der Waals surface area contributed by atoms with Gasteiger partial charge in [0, 0.05) is 15.2 Å². The van der Waals surface area contributed by atoms with E-state index in [0.717, 1.165) is 15.7 Å². The third-order valence-electron chi connectivity index (χ3n) is 2.56. The molecule has 2 aromatic rings. The predicted molar refractivity (Wildman–Crippen MR) is 83.0 cm³/mol. The van der Waals surface area contributed by atoms with Crippen LogP contribution in [0.3, 0.4) is 0 Å². The van der Waals surface area contributed by atoms with Crippen molar-refractivity contribution >= 4 is 44.9 Å². The zero-order valence-corrected chi connectivity index (χ0v) is 12.5. The third kappa shape index (κ3) is 3.72.